The lowest BCUT2D eigenvalue weighted by atomic mass is 10.2. The number of carbonyl (C=O) groups excluding carboxylic acids is 1. The van der Waals surface area contributed by atoms with E-state index in [2.05, 4.69) is 25.8 Å². The molecule has 0 unspecified atom stereocenters. The van der Waals surface area contributed by atoms with E-state index in [1.54, 1.807) is 6.20 Å². The maximum Gasteiger partial charge on any atom is 0.320 e. The fourth-order valence-corrected chi connectivity index (χ4v) is 2.02. The number of hydrogen-bond donors (Lipinski definition) is 3. The summed E-state index contributed by atoms with van der Waals surface area (Å²) >= 11 is 0. The summed E-state index contributed by atoms with van der Waals surface area (Å²) in [5.74, 6) is 1.19. The number of nitrogens with one attached hydrogen (secondary N) is 3. The van der Waals surface area contributed by atoms with Crippen molar-refractivity contribution in [1.29, 1.82) is 0 Å². The smallest absolute Gasteiger partial charge is 0.320 e. The second kappa shape index (κ2) is 5.73. The average molecular weight is 271 g/mol. The van der Waals surface area contributed by atoms with Crippen molar-refractivity contribution in [2.75, 3.05) is 11.9 Å². The van der Waals surface area contributed by atoms with Gasteiger partial charge >= 0.3 is 6.03 Å². The molecule has 2 heterocycles. The van der Waals surface area contributed by atoms with Crippen LogP contribution in [0.25, 0.3) is 0 Å². The van der Waals surface area contributed by atoms with Crippen LogP contribution in [-0.2, 0) is 6.42 Å². The fraction of sp³-hybridized carbons (Fsp3) is 0.357. The summed E-state index contributed by atoms with van der Waals surface area (Å²) in [6.45, 7) is 0.563. The van der Waals surface area contributed by atoms with Gasteiger partial charge in [0, 0.05) is 24.4 Å². The molecule has 6 heteroatoms. The van der Waals surface area contributed by atoms with E-state index in [1.165, 1.54) is 12.8 Å². The molecule has 1 aliphatic carbocycles. The van der Waals surface area contributed by atoms with Crippen molar-refractivity contribution in [2.45, 2.75) is 25.2 Å². The molecule has 0 radical (unpaired) electrons. The number of nitrogens with zero attached hydrogens (tertiary/aromatic N) is 2. The van der Waals surface area contributed by atoms with E-state index in [-0.39, 0.29) is 6.03 Å². The Labute approximate surface area is 117 Å². The van der Waals surface area contributed by atoms with Gasteiger partial charge in [-0.15, -0.1) is 0 Å². The van der Waals surface area contributed by atoms with Crippen LogP contribution >= 0.6 is 0 Å². The van der Waals surface area contributed by atoms with E-state index in [0.29, 0.717) is 18.3 Å². The lowest BCUT2D eigenvalue weighted by molar-refractivity contribution is 0.252. The first-order valence-electron chi connectivity index (χ1n) is 6.81. The highest BCUT2D eigenvalue weighted by Crippen LogP contribution is 2.39. The standard InChI is InChI=1S/C14H17N5O/c20-14(15-7-6-10-8-16-17-9-10)19-13-3-1-2-12(18-13)11-4-5-11/h1-3,8-9,11H,4-7H2,(H,16,17)(H2,15,18,19,20). The number of aromatic amines is 1. The number of carbonyl (C=O) groups is 1. The summed E-state index contributed by atoms with van der Waals surface area (Å²) in [4.78, 5) is 16.2. The molecule has 0 aliphatic heterocycles. The van der Waals surface area contributed by atoms with E-state index in [9.17, 15) is 4.79 Å². The van der Waals surface area contributed by atoms with Gasteiger partial charge in [0.1, 0.15) is 5.82 Å². The van der Waals surface area contributed by atoms with Crippen LogP contribution in [-0.4, -0.2) is 27.8 Å². The Morgan fingerprint density at radius 1 is 1.40 bits per heavy atom. The first kappa shape index (κ1) is 12.7. The topological polar surface area (TPSA) is 82.7 Å². The lowest BCUT2D eigenvalue weighted by Gasteiger charge is -2.07. The number of urea groups is 1. The monoisotopic (exact) mass is 271 g/mol. The first-order valence-corrected chi connectivity index (χ1v) is 6.81. The van der Waals surface area contributed by atoms with Gasteiger partial charge in [-0.3, -0.25) is 10.4 Å². The van der Waals surface area contributed by atoms with Gasteiger partial charge in [0.25, 0.3) is 0 Å². The normalized spacial score (nSPS) is 14.0. The third-order valence-electron chi connectivity index (χ3n) is 3.26. The molecule has 2 aromatic rings. The van der Waals surface area contributed by atoms with Crippen LogP contribution in [0.3, 0.4) is 0 Å². The highest BCUT2D eigenvalue weighted by atomic mass is 16.2. The summed E-state index contributed by atoms with van der Waals surface area (Å²) in [5.41, 5.74) is 2.14. The summed E-state index contributed by atoms with van der Waals surface area (Å²) < 4.78 is 0. The van der Waals surface area contributed by atoms with Gasteiger partial charge in [0.2, 0.25) is 0 Å². The van der Waals surface area contributed by atoms with E-state index >= 15 is 0 Å². The van der Waals surface area contributed by atoms with E-state index < -0.39 is 0 Å². The number of amides is 2. The van der Waals surface area contributed by atoms with Crippen molar-refractivity contribution in [3.63, 3.8) is 0 Å². The van der Waals surface area contributed by atoms with Crippen LogP contribution in [0.15, 0.2) is 30.6 Å². The molecule has 0 spiro atoms. The second-order valence-electron chi connectivity index (χ2n) is 4.96. The van der Waals surface area contributed by atoms with E-state index in [4.69, 9.17) is 0 Å². The number of pyridine rings is 1. The Kier molecular flexibility index (Phi) is 3.62. The van der Waals surface area contributed by atoms with Crippen molar-refractivity contribution in [3.05, 3.63) is 41.9 Å². The molecule has 0 aromatic carbocycles. The summed E-state index contributed by atoms with van der Waals surface area (Å²) in [6, 6.07) is 5.53. The predicted octanol–water partition coefficient (Wildman–Crippen LogP) is 2.05. The molecule has 2 aromatic heterocycles. The average Bonchev–Trinajstić information content (AvgIpc) is 3.17. The molecular weight excluding hydrogens is 254 g/mol. The molecule has 0 bridgehead atoms. The summed E-state index contributed by atoms with van der Waals surface area (Å²) in [7, 11) is 0. The fourth-order valence-electron chi connectivity index (χ4n) is 2.02. The Bertz CT molecular complexity index is 577. The Hall–Kier alpha value is -2.37. The molecule has 1 fully saturated rings. The highest BCUT2D eigenvalue weighted by molar-refractivity contribution is 5.88. The SMILES string of the molecule is O=C(NCCc1cn[nH]c1)Nc1cccc(C2CC2)n1. The lowest BCUT2D eigenvalue weighted by Crippen LogP contribution is -2.30. The molecule has 1 saturated carbocycles. The van der Waals surface area contributed by atoms with Crippen molar-refractivity contribution in [1.82, 2.24) is 20.5 Å². The third-order valence-corrected chi connectivity index (χ3v) is 3.26. The molecule has 2 amide bonds. The number of rotatable bonds is 5. The van der Waals surface area contributed by atoms with E-state index in [0.717, 1.165) is 17.7 Å². The van der Waals surface area contributed by atoms with Gasteiger partial charge in [-0.2, -0.15) is 5.10 Å². The van der Waals surface area contributed by atoms with Crippen LogP contribution in [0.2, 0.25) is 0 Å². The molecule has 1 aliphatic rings. The van der Waals surface area contributed by atoms with Gasteiger partial charge in [-0.1, -0.05) is 6.07 Å². The maximum atomic E-state index is 11.8. The number of H-pyrrole nitrogens is 1. The zero-order valence-electron chi connectivity index (χ0n) is 11.1. The minimum atomic E-state index is -0.228. The third kappa shape index (κ3) is 3.34. The Balaban J connectivity index is 1.47. The van der Waals surface area contributed by atoms with Crippen molar-refractivity contribution in [3.8, 4) is 0 Å². The molecule has 3 rings (SSSR count). The highest BCUT2D eigenvalue weighted by Gasteiger charge is 2.24. The molecule has 20 heavy (non-hydrogen) atoms. The summed E-state index contributed by atoms with van der Waals surface area (Å²) in [6.07, 6.45) is 6.72. The number of hydrogen-bond acceptors (Lipinski definition) is 3. The van der Waals surface area contributed by atoms with Gasteiger partial charge < -0.3 is 5.32 Å². The van der Waals surface area contributed by atoms with Gasteiger partial charge in [0.15, 0.2) is 0 Å². The second-order valence-corrected chi connectivity index (χ2v) is 4.96. The van der Waals surface area contributed by atoms with Gasteiger partial charge in [0.05, 0.1) is 6.20 Å². The van der Waals surface area contributed by atoms with Crippen LogP contribution < -0.4 is 10.6 Å². The molecular formula is C14H17N5O. The van der Waals surface area contributed by atoms with Crippen LogP contribution in [0.5, 0.6) is 0 Å². The Morgan fingerprint density at radius 3 is 3.05 bits per heavy atom. The number of aromatic nitrogens is 3. The van der Waals surface area contributed by atoms with Gasteiger partial charge in [-0.25, -0.2) is 9.78 Å². The van der Waals surface area contributed by atoms with Crippen LogP contribution in [0.4, 0.5) is 10.6 Å². The zero-order valence-corrected chi connectivity index (χ0v) is 11.1. The van der Waals surface area contributed by atoms with Crippen LogP contribution in [0, 0.1) is 0 Å². The first-order chi connectivity index (χ1) is 9.81. The molecule has 104 valence electrons. The zero-order chi connectivity index (χ0) is 13.8. The quantitative estimate of drug-likeness (QED) is 0.778. The molecule has 0 saturated heterocycles. The summed E-state index contributed by atoms with van der Waals surface area (Å²) in [5, 5.41) is 12.2. The maximum absolute atomic E-state index is 11.8. The predicted molar refractivity (Wildman–Crippen MR) is 75.5 cm³/mol. The van der Waals surface area contributed by atoms with Crippen molar-refractivity contribution < 1.29 is 4.79 Å². The van der Waals surface area contributed by atoms with Gasteiger partial charge in [-0.05, 0) is 37.0 Å². The number of anilines is 1. The van der Waals surface area contributed by atoms with Crippen molar-refractivity contribution in [2.24, 2.45) is 0 Å². The molecule has 6 nitrogen and oxygen atoms in total. The Morgan fingerprint density at radius 2 is 2.30 bits per heavy atom. The van der Waals surface area contributed by atoms with Crippen LogP contribution in [0.1, 0.15) is 30.0 Å². The minimum absolute atomic E-state index is 0.228. The largest absolute Gasteiger partial charge is 0.337 e. The van der Waals surface area contributed by atoms with E-state index in [1.807, 2.05) is 24.4 Å². The molecule has 0 atom stereocenters. The minimum Gasteiger partial charge on any atom is -0.337 e. The molecule has 3 N–H and O–H groups in total. The van der Waals surface area contributed by atoms with Crippen molar-refractivity contribution >= 4 is 11.8 Å².